The standard InChI is InChI=1S/C13H24.C11H17NO4/c1-13(10-6-3-7-11-13)12-8-4-2-5-9-12;1-2-3-4-5-9-15-7-11(6-12,8-16-9)10(13)14/h12H,2-11H2,1H3;9H,2-5,7-8H2,1H3,(H,13,14)/t;9-,11+. The molecule has 0 bridgehead atoms. The summed E-state index contributed by atoms with van der Waals surface area (Å²) in [6.07, 6.45) is 18.8. The molecule has 0 aromatic heterocycles. The summed E-state index contributed by atoms with van der Waals surface area (Å²) in [7, 11) is 0. The molecule has 0 aromatic carbocycles. The fraction of sp³-hybridized carbons (Fsp3) is 0.917. The number of unbranched alkanes of at least 4 members (excludes halogenated alkanes) is 2. The monoisotopic (exact) mass is 407 g/mol. The molecule has 0 radical (unpaired) electrons. The number of hydrogen-bond acceptors (Lipinski definition) is 4. The van der Waals surface area contributed by atoms with E-state index in [1.54, 1.807) is 6.07 Å². The second-order valence-electron chi connectivity index (χ2n) is 9.60. The minimum absolute atomic E-state index is 0.0877. The Morgan fingerprint density at radius 2 is 1.62 bits per heavy atom. The Bertz CT molecular complexity index is 521. The number of aliphatic carboxylic acids is 1. The Morgan fingerprint density at radius 1 is 1.03 bits per heavy atom. The van der Waals surface area contributed by atoms with Gasteiger partial charge in [0.25, 0.3) is 0 Å². The number of carbonyl (C=O) groups is 1. The van der Waals surface area contributed by atoms with Gasteiger partial charge in [-0.05, 0) is 49.9 Å². The van der Waals surface area contributed by atoms with Crippen molar-refractivity contribution in [1.82, 2.24) is 0 Å². The van der Waals surface area contributed by atoms with Crippen LogP contribution in [0.3, 0.4) is 0 Å². The SMILES string of the molecule is CC1(C2CCCCC2)CCCCC1.CCCCC[C@H]1OC[C@@](C#N)(C(=O)O)CO1. The summed E-state index contributed by atoms with van der Waals surface area (Å²) in [5, 5.41) is 17.7. The third kappa shape index (κ3) is 6.96. The largest absolute Gasteiger partial charge is 0.480 e. The maximum absolute atomic E-state index is 10.9. The quantitative estimate of drug-likeness (QED) is 0.540. The topological polar surface area (TPSA) is 79.5 Å². The van der Waals surface area contributed by atoms with Crippen molar-refractivity contribution in [2.75, 3.05) is 13.2 Å². The van der Waals surface area contributed by atoms with Gasteiger partial charge in [-0.3, -0.25) is 4.79 Å². The Balaban J connectivity index is 0.000000211. The molecule has 0 spiro atoms. The molecule has 0 aromatic rings. The van der Waals surface area contributed by atoms with Crippen LogP contribution in [-0.2, 0) is 14.3 Å². The third-order valence-electron chi connectivity index (χ3n) is 7.28. The number of ether oxygens (including phenoxy) is 2. The van der Waals surface area contributed by atoms with Crippen LogP contribution in [-0.4, -0.2) is 30.6 Å². The zero-order valence-corrected chi connectivity index (χ0v) is 18.6. The summed E-state index contributed by atoms with van der Waals surface area (Å²) >= 11 is 0. The van der Waals surface area contributed by atoms with Gasteiger partial charge in [0.2, 0.25) is 5.41 Å². The molecule has 1 saturated heterocycles. The van der Waals surface area contributed by atoms with Gasteiger partial charge in [0.15, 0.2) is 6.29 Å². The summed E-state index contributed by atoms with van der Waals surface area (Å²) < 4.78 is 10.5. The van der Waals surface area contributed by atoms with Crippen molar-refractivity contribution in [2.45, 2.75) is 110 Å². The van der Waals surface area contributed by atoms with Crippen LogP contribution >= 0.6 is 0 Å². The highest BCUT2D eigenvalue weighted by Crippen LogP contribution is 2.47. The van der Waals surface area contributed by atoms with Crippen molar-refractivity contribution >= 4 is 5.97 Å². The minimum Gasteiger partial charge on any atom is -0.480 e. The van der Waals surface area contributed by atoms with Crippen LogP contribution in [0.25, 0.3) is 0 Å². The lowest BCUT2D eigenvalue weighted by Gasteiger charge is -2.42. The molecular formula is C24H41NO4. The summed E-state index contributed by atoms with van der Waals surface area (Å²) in [5.74, 6) is -0.0939. The molecule has 1 N–H and O–H groups in total. The molecule has 166 valence electrons. The van der Waals surface area contributed by atoms with Gasteiger partial charge in [0, 0.05) is 0 Å². The Hall–Kier alpha value is -1.12. The van der Waals surface area contributed by atoms with Crippen LogP contribution in [0.4, 0.5) is 0 Å². The Kier molecular flexibility index (Phi) is 9.92. The van der Waals surface area contributed by atoms with Crippen molar-refractivity contribution in [1.29, 1.82) is 5.26 Å². The van der Waals surface area contributed by atoms with Crippen LogP contribution in [0.2, 0.25) is 0 Å². The van der Waals surface area contributed by atoms with Crippen LogP contribution in [0.1, 0.15) is 104 Å². The van der Waals surface area contributed by atoms with Gasteiger partial charge in [-0.15, -0.1) is 0 Å². The van der Waals surface area contributed by atoms with Crippen molar-refractivity contribution in [3.05, 3.63) is 0 Å². The molecule has 0 unspecified atom stereocenters. The van der Waals surface area contributed by atoms with Gasteiger partial charge >= 0.3 is 5.97 Å². The normalized spacial score (nSPS) is 29.9. The number of carboxylic acids is 1. The van der Waals surface area contributed by atoms with Gasteiger partial charge < -0.3 is 14.6 Å². The molecule has 1 heterocycles. The highest BCUT2D eigenvalue weighted by Gasteiger charge is 2.44. The number of rotatable bonds is 6. The van der Waals surface area contributed by atoms with Crippen molar-refractivity contribution < 1.29 is 19.4 Å². The highest BCUT2D eigenvalue weighted by atomic mass is 16.7. The van der Waals surface area contributed by atoms with Gasteiger partial charge in [0.1, 0.15) is 0 Å². The lowest BCUT2D eigenvalue weighted by molar-refractivity contribution is -0.224. The minimum atomic E-state index is -1.53. The molecule has 29 heavy (non-hydrogen) atoms. The van der Waals surface area contributed by atoms with Gasteiger partial charge in [-0.2, -0.15) is 5.26 Å². The Labute approximate surface area is 177 Å². The number of nitrogens with zero attached hydrogens (tertiary/aromatic N) is 1. The maximum atomic E-state index is 10.9. The van der Waals surface area contributed by atoms with Crippen LogP contribution in [0.15, 0.2) is 0 Å². The van der Waals surface area contributed by atoms with Crippen LogP contribution in [0.5, 0.6) is 0 Å². The van der Waals surface area contributed by atoms with E-state index in [9.17, 15) is 4.79 Å². The Morgan fingerprint density at radius 3 is 2.14 bits per heavy atom. The molecule has 0 atom stereocenters. The molecule has 3 rings (SSSR count). The first-order valence-corrected chi connectivity index (χ1v) is 11.8. The third-order valence-corrected chi connectivity index (χ3v) is 7.28. The van der Waals surface area contributed by atoms with E-state index in [1.165, 1.54) is 64.2 Å². The van der Waals surface area contributed by atoms with E-state index >= 15 is 0 Å². The second-order valence-corrected chi connectivity index (χ2v) is 9.60. The maximum Gasteiger partial charge on any atom is 0.328 e. The van der Waals surface area contributed by atoms with Gasteiger partial charge in [-0.1, -0.05) is 65.2 Å². The predicted molar refractivity (Wildman–Crippen MR) is 113 cm³/mol. The average Bonchev–Trinajstić information content (AvgIpc) is 2.76. The predicted octanol–water partition coefficient (Wildman–Crippen LogP) is 6.07. The molecule has 2 saturated carbocycles. The fourth-order valence-corrected chi connectivity index (χ4v) is 5.09. The number of carboxylic acid groups (broad SMARTS) is 1. The highest BCUT2D eigenvalue weighted by molar-refractivity contribution is 5.78. The summed E-state index contributed by atoms with van der Waals surface area (Å²) in [4.78, 5) is 10.9. The lowest BCUT2D eigenvalue weighted by Crippen LogP contribution is -2.46. The van der Waals surface area contributed by atoms with E-state index in [-0.39, 0.29) is 19.5 Å². The molecule has 1 aliphatic heterocycles. The first-order valence-electron chi connectivity index (χ1n) is 11.8. The lowest BCUT2D eigenvalue weighted by atomic mass is 9.63. The first-order chi connectivity index (χ1) is 14.0. The summed E-state index contributed by atoms with van der Waals surface area (Å²) in [6, 6.07) is 1.76. The van der Waals surface area contributed by atoms with Crippen molar-refractivity contribution in [3.63, 3.8) is 0 Å². The molecule has 5 heteroatoms. The number of nitriles is 1. The molecular weight excluding hydrogens is 366 g/mol. The van der Waals surface area contributed by atoms with E-state index < -0.39 is 11.4 Å². The smallest absolute Gasteiger partial charge is 0.328 e. The van der Waals surface area contributed by atoms with E-state index in [0.29, 0.717) is 0 Å². The zero-order valence-electron chi connectivity index (χ0n) is 18.6. The first kappa shape index (κ1) is 24.2. The number of hydrogen-bond donors (Lipinski definition) is 1. The second kappa shape index (κ2) is 11.9. The molecule has 3 aliphatic rings. The molecule has 2 aliphatic carbocycles. The van der Waals surface area contributed by atoms with E-state index in [4.69, 9.17) is 19.8 Å². The van der Waals surface area contributed by atoms with E-state index in [1.807, 2.05) is 0 Å². The average molecular weight is 408 g/mol. The van der Waals surface area contributed by atoms with E-state index in [2.05, 4.69) is 13.8 Å². The summed E-state index contributed by atoms with van der Waals surface area (Å²) in [6.45, 7) is 4.50. The summed E-state index contributed by atoms with van der Waals surface area (Å²) in [5.41, 5.74) is -0.778. The van der Waals surface area contributed by atoms with Gasteiger partial charge in [-0.25, -0.2) is 0 Å². The van der Waals surface area contributed by atoms with Crippen molar-refractivity contribution in [2.24, 2.45) is 16.7 Å². The molecule has 0 amide bonds. The molecule has 3 fully saturated rings. The zero-order chi connectivity index (χ0) is 21.2. The molecule has 5 nitrogen and oxygen atoms in total. The van der Waals surface area contributed by atoms with Crippen LogP contribution in [0, 0.1) is 28.1 Å². The van der Waals surface area contributed by atoms with Crippen LogP contribution < -0.4 is 0 Å². The van der Waals surface area contributed by atoms with Crippen molar-refractivity contribution in [3.8, 4) is 6.07 Å². The fourth-order valence-electron chi connectivity index (χ4n) is 5.09. The van der Waals surface area contributed by atoms with E-state index in [0.717, 1.165) is 37.0 Å². The van der Waals surface area contributed by atoms with Gasteiger partial charge in [0.05, 0.1) is 19.3 Å².